The van der Waals surface area contributed by atoms with Crippen molar-refractivity contribution in [3.8, 4) is 5.75 Å². The number of benzene rings is 2. The first-order valence-corrected chi connectivity index (χ1v) is 10.9. The molecule has 2 aromatic rings. The van der Waals surface area contributed by atoms with Gasteiger partial charge < -0.3 is 9.64 Å². The number of hydrogen-bond donors (Lipinski definition) is 0. The number of rotatable bonds is 6. The van der Waals surface area contributed by atoms with E-state index in [0.29, 0.717) is 18.7 Å². The molecule has 0 unspecified atom stereocenters. The van der Waals surface area contributed by atoms with Crippen molar-refractivity contribution in [3.63, 3.8) is 0 Å². The summed E-state index contributed by atoms with van der Waals surface area (Å²) in [7, 11) is -2.33. The molecule has 0 aromatic heterocycles. The first-order chi connectivity index (χ1) is 13.3. The second-order valence-electron chi connectivity index (χ2n) is 6.81. The quantitative estimate of drug-likeness (QED) is 0.743. The van der Waals surface area contributed by atoms with Gasteiger partial charge in [0, 0.05) is 30.4 Å². The molecule has 6 nitrogen and oxygen atoms in total. The van der Waals surface area contributed by atoms with Crippen LogP contribution in [0.2, 0.25) is 0 Å². The molecule has 0 bridgehead atoms. The number of para-hydroxylation sites is 1. The molecule has 0 spiro atoms. The van der Waals surface area contributed by atoms with Gasteiger partial charge in [0.25, 0.3) is 5.91 Å². The number of carbonyl (C=O) groups is 1. The van der Waals surface area contributed by atoms with E-state index in [1.807, 2.05) is 31.2 Å². The highest BCUT2D eigenvalue weighted by Crippen LogP contribution is 2.34. The average molecular weight is 403 g/mol. The largest absolute Gasteiger partial charge is 0.495 e. The van der Waals surface area contributed by atoms with E-state index in [1.165, 1.54) is 17.5 Å². The lowest BCUT2D eigenvalue weighted by molar-refractivity contribution is 0.0981. The SMILES string of the molecule is CCN(CC)S(=O)(=O)c1cc(C(=O)N2c3ccccc3C[C@@H]2C)ccc1OC. The molecule has 3 rings (SSSR count). The molecule has 7 heteroatoms. The Morgan fingerprint density at radius 1 is 1.18 bits per heavy atom. The van der Waals surface area contributed by atoms with Gasteiger partial charge in [-0.3, -0.25) is 4.79 Å². The molecule has 1 atom stereocenters. The lowest BCUT2D eigenvalue weighted by Gasteiger charge is -2.24. The van der Waals surface area contributed by atoms with Crippen LogP contribution in [0.1, 0.15) is 36.7 Å². The van der Waals surface area contributed by atoms with E-state index in [4.69, 9.17) is 4.74 Å². The topological polar surface area (TPSA) is 66.9 Å². The van der Waals surface area contributed by atoms with Gasteiger partial charge in [-0.25, -0.2) is 8.42 Å². The molecular formula is C21H26N2O4S. The van der Waals surface area contributed by atoms with Gasteiger partial charge in [0.2, 0.25) is 10.0 Å². The van der Waals surface area contributed by atoms with Crippen LogP contribution in [-0.2, 0) is 16.4 Å². The molecule has 28 heavy (non-hydrogen) atoms. The Balaban J connectivity index is 2.06. The zero-order chi connectivity index (χ0) is 20.5. The van der Waals surface area contributed by atoms with Gasteiger partial charge in [0.05, 0.1) is 7.11 Å². The normalized spacial score (nSPS) is 16.3. The maximum absolute atomic E-state index is 13.3. The minimum absolute atomic E-state index is 0.00911. The summed E-state index contributed by atoms with van der Waals surface area (Å²) in [6, 6.07) is 12.4. The van der Waals surface area contributed by atoms with Crippen LogP contribution in [0.4, 0.5) is 5.69 Å². The van der Waals surface area contributed by atoms with Crippen LogP contribution in [-0.4, -0.2) is 44.9 Å². The smallest absolute Gasteiger partial charge is 0.258 e. The Morgan fingerprint density at radius 3 is 2.50 bits per heavy atom. The maximum Gasteiger partial charge on any atom is 0.258 e. The summed E-state index contributed by atoms with van der Waals surface area (Å²) < 4.78 is 32.7. The first-order valence-electron chi connectivity index (χ1n) is 9.44. The molecule has 1 aliphatic rings. The number of ether oxygens (including phenoxy) is 1. The van der Waals surface area contributed by atoms with E-state index in [-0.39, 0.29) is 22.6 Å². The van der Waals surface area contributed by atoms with Crippen molar-refractivity contribution >= 4 is 21.6 Å². The van der Waals surface area contributed by atoms with Gasteiger partial charge in [0.1, 0.15) is 10.6 Å². The van der Waals surface area contributed by atoms with Crippen LogP contribution in [0.15, 0.2) is 47.4 Å². The second kappa shape index (κ2) is 7.93. The summed E-state index contributed by atoms with van der Waals surface area (Å²) in [5, 5.41) is 0. The average Bonchev–Trinajstić information content (AvgIpc) is 3.03. The Kier molecular flexibility index (Phi) is 5.76. The Hall–Kier alpha value is -2.38. The molecule has 0 fully saturated rings. The van der Waals surface area contributed by atoms with E-state index in [9.17, 15) is 13.2 Å². The fraction of sp³-hybridized carbons (Fsp3) is 0.381. The van der Waals surface area contributed by atoms with Crippen LogP contribution < -0.4 is 9.64 Å². The van der Waals surface area contributed by atoms with Crippen LogP contribution in [0.25, 0.3) is 0 Å². The molecule has 0 aliphatic carbocycles. The van der Waals surface area contributed by atoms with E-state index in [1.54, 1.807) is 30.9 Å². The Morgan fingerprint density at radius 2 is 1.86 bits per heavy atom. The van der Waals surface area contributed by atoms with Gasteiger partial charge in [-0.05, 0) is 43.2 Å². The predicted molar refractivity (Wildman–Crippen MR) is 110 cm³/mol. The minimum Gasteiger partial charge on any atom is -0.495 e. The number of hydrogen-bond acceptors (Lipinski definition) is 4. The molecule has 150 valence electrons. The molecule has 0 saturated heterocycles. The van der Waals surface area contributed by atoms with Crippen molar-refractivity contribution in [2.45, 2.75) is 38.1 Å². The lowest BCUT2D eigenvalue weighted by atomic mass is 10.1. The van der Waals surface area contributed by atoms with Gasteiger partial charge >= 0.3 is 0 Å². The van der Waals surface area contributed by atoms with Crippen molar-refractivity contribution in [2.75, 3.05) is 25.1 Å². The van der Waals surface area contributed by atoms with Gasteiger partial charge in [-0.2, -0.15) is 4.31 Å². The highest BCUT2D eigenvalue weighted by Gasteiger charge is 2.33. The van der Waals surface area contributed by atoms with Crippen molar-refractivity contribution in [3.05, 3.63) is 53.6 Å². The van der Waals surface area contributed by atoms with Crippen LogP contribution >= 0.6 is 0 Å². The molecule has 2 aromatic carbocycles. The summed E-state index contributed by atoms with van der Waals surface area (Å²) in [5.74, 6) is 0.0226. The number of fused-ring (bicyclic) bond motifs is 1. The van der Waals surface area contributed by atoms with E-state index in [2.05, 4.69) is 0 Å². The minimum atomic E-state index is -3.76. The van der Waals surface area contributed by atoms with Crippen LogP contribution in [0, 0.1) is 0 Å². The van der Waals surface area contributed by atoms with E-state index in [0.717, 1.165) is 17.7 Å². The van der Waals surface area contributed by atoms with Gasteiger partial charge in [0.15, 0.2) is 0 Å². The number of amides is 1. The molecule has 1 aliphatic heterocycles. The first kappa shape index (κ1) is 20.4. The zero-order valence-electron chi connectivity index (χ0n) is 16.7. The summed E-state index contributed by atoms with van der Waals surface area (Å²) in [6.07, 6.45) is 0.780. The van der Waals surface area contributed by atoms with E-state index >= 15 is 0 Å². The molecule has 1 amide bonds. The number of carbonyl (C=O) groups excluding carboxylic acids is 1. The number of sulfonamides is 1. The monoisotopic (exact) mass is 402 g/mol. The van der Waals surface area contributed by atoms with E-state index < -0.39 is 10.0 Å². The van der Waals surface area contributed by atoms with Crippen molar-refractivity contribution in [2.24, 2.45) is 0 Å². The Bertz CT molecular complexity index is 984. The van der Waals surface area contributed by atoms with Crippen molar-refractivity contribution < 1.29 is 17.9 Å². The fourth-order valence-electron chi connectivity index (χ4n) is 3.73. The molecule has 1 heterocycles. The van der Waals surface area contributed by atoms with Crippen molar-refractivity contribution in [1.82, 2.24) is 4.31 Å². The number of anilines is 1. The zero-order valence-corrected chi connectivity index (χ0v) is 17.5. The summed E-state index contributed by atoms with van der Waals surface area (Å²) in [5.41, 5.74) is 2.33. The highest BCUT2D eigenvalue weighted by atomic mass is 32.2. The summed E-state index contributed by atoms with van der Waals surface area (Å²) in [6.45, 7) is 6.25. The van der Waals surface area contributed by atoms with Crippen molar-refractivity contribution in [1.29, 1.82) is 0 Å². The summed E-state index contributed by atoms with van der Waals surface area (Å²) >= 11 is 0. The molecule has 0 saturated carbocycles. The third-order valence-electron chi connectivity index (χ3n) is 5.16. The second-order valence-corrected chi connectivity index (χ2v) is 8.72. The van der Waals surface area contributed by atoms with Gasteiger partial charge in [-0.15, -0.1) is 0 Å². The summed E-state index contributed by atoms with van der Waals surface area (Å²) in [4.78, 5) is 15.0. The standard InChI is InChI=1S/C21H26N2O4S/c1-5-22(6-2)28(25,26)20-14-17(11-12-19(20)27-4)21(24)23-15(3)13-16-9-7-8-10-18(16)23/h7-12,14-15H,5-6,13H2,1-4H3/t15-/m0/s1. The van der Waals surface area contributed by atoms with Gasteiger partial charge in [-0.1, -0.05) is 32.0 Å². The molecule has 0 N–H and O–H groups in total. The Labute approximate surface area is 166 Å². The maximum atomic E-state index is 13.3. The third kappa shape index (κ3) is 3.40. The fourth-order valence-corrected chi connectivity index (χ4v) is 5.37. The molecule has 0 radical (unpaired) electrons. The predicted octanol–water partition coefficient (Wildman–Crippen LogP) is 3.32. The number of nitrogens with zero attached hydrogens (tertiary/aromatic N) is 2. The third-order valence-corrected chi connectivity index (χ3v) is 7.23. The van der Waals surface area contributed by atoms with Crippen LogP contribution in [0.5, 0.6) is 5.75 Å². The van der Waals surface area contributed by atoms with Crippen LogP contribution in [0.3, 0.4) is 0 Å². The highest BCUT2D eigenvalue weighted by molar-refractivity contribution is 7.89. The lowest BCUT2D eigenvalue weighted by Crippen LogP contribution is -2.36. The number of methoxy groups -OCH3 is 1. The molecular weight excluding hydrogens is 376 g/mol.